The fraction of sp³-hybridized carbons (Fsp3) is 0.136. The van der Waals surface area contributed by atoms with Crippen LogP contribution in [0.2, 0.25) is 0 Å². The highest BCUT2D eigenvalue weighted by Gasteiger charge is 2.41. The number of halogens is 4. The normalized spacial score (nSPS) is 17.2. The lowest BCUT2D eigenvalue weighted by atomic mass is 9.84. The van der Waals surface area contributed by atoms with Gasteiger partial charge in [0, 0.05) is 12.0 Å². The molecule has 0 spiro atoms. The lowest BCUT2D eigenvalue weighted by Gasteiger charge is -2.31. The maximum absolute atomic E-state index is 14.7. The molecule has 0 heterocycles. The van der Waals surface area contributed by atoms with Crippen molar-refractivity contribution in [1.29, 1.82) is 10.5 Å². The summed E-state index contributed by atoms with van der Waals surface area (Å²) in [5.74, 6) is -1.53. The van der Waals surface area contributed by atoms with Crippen molar-refractivity contribution < 1.29 is 13.9 Å². The van der Waals surface area contributed by atoms with E-state index in [-0.39, 0.29) is 29.1 Å². The molecule has 1 aliphatic rings. The average molecular weight is 506 g/mol. The number of nitriles is 2. The third-order valence-electron chi connectivity index (χ3n) is 4.46. The first-order valence-electron chi connectivity index (χ1n) is 8.61. The summed E-state index contributed by atoms with van der Waals surface area (Å²) in [6, 6.07) is 13.7. The monoisotopic (exact) mass is 504 g/mol. The Bertz CT molecular complexity index is 1160. The minimum atomic E-state index is -1.59. The Morgan fingerprint density at radius 3 is 2.67 bits per heavy atom. The number of benzene rings is 2. The maximum atomic E-state index is 14.7. The van der Waals surface area contributed by atoms with Crippen LogP contribution in [0.1, 0.15) is 22.6 Å². The second-order valence-electron chi connectivity index (χ2n) is 6.43. The van der Waals surface area contributed by atoms with E-state index in [2.05, 4.69) is 22.0 Å². The van der Waals surface area contributed by atoms with Gasteiger partial charge in [0.05, 0.1) is 28.1 Å². The number of alkyl halides is 2. The first-order chi connectivity index (χ1) is 14.3. The summed E-state index contributed by atoms with van der Waals surface area (Å²) in [4.78, 5) is 10.8. The number of hydrogen-bond acceptors (Lipinski definition) is 4. The van der Waals surface area contributed by atoms with Crippen LogP contribution in [-0.4, -0.2) is 10.6 Å². The van der Waals surface area contributed by atoms with Crippen LogP contribution >= 0.6 is 39.1 Å². The molecule has 0 saturated heterocycles. The molecule has 8 heteroatoms. The van der Waals surface area contributed by atoms with Crippen molar-refractivity contribution in [3.05, 3.63) is 86.9 Å². The number of rotatable bonds is 5. The lowest BCUT2D eigenvalue weighted by Crippen LogP contribution is -2.27. The molecule has 1 unspecified atom stereocenters. The van der Waals surface area contributed by atoms with E-state index in [1.807, 2.05) is 6.07 Å². The SMILES string of the molecule is N#CC1=CC(Oc2c(Br)ccc(CC=O)c2F)=CC(Cl)(Cl)C1c1cccc(C#N)c1. The van der Waals surface area contributed by atoms with E-state index in [4.69, 9.17) is 33.2 Å². The van der Waals surface area contributed by atoms with Crippen LogP contribution in [0.4, 0.5) is 4.39 Å². The Morgan fingerprint density at radius 2 is 2.00 bits per heavy atom. The number of carbonyl (C=O) groups excluding carboxylic acids is 1. The van der Waals surface area contributed by atoms with Crippen LogP contribution in [0, 0.1) is 28.5 Å². The first kappa shape index (κ1) is 22.1. The van der Waals surface area contributed by atoms with Crippen molar-refractivity contribution in [3.8, 4) is 17.9 Å². The van der Waals surface area contributed by atoms with E-state index in [9.17, 15) is 14.4 Å². The van der Waals surface area contributed by atoms with E-state index in [0.29, 0.717) is 21.9 Å². The van der Waals surface area contributed by atoms with Gasteiger partial charge in [0.15, 0.2) is 15.9 Å². The zero-order valence-electron chi connectivity index (χ0n) is 15.2. The van der Waals surface area contributed by atoms with E-state index in [0.717, 1.165) is 0 Å². The van der Waals surface area contributed by atoms with Crippen molar-refractivity contribution in [2.24, 2.45) is 0 Å². The number of allylic oxidation sites excluding steroid dienone is 3. The van der Waals surface area contributed by atoms with Gasteiger partial charge >= 0.3 is 0 Å². The largest absolute Gasteiger partial charge is 0.453 e. The predicted molar refractivity (Wildman–Crippen MR) is 115 cm³/mol. The van der Waals surface area contributed by atoms with Gasteiger partial charge in [0.2, 0.25) is 0 Å². The van der Waals surface area contributed by atoms with Gasteiger partial charge in [-0.25, -0.2) is 4.39 Å². The molecule has 1 aliphatic carbocycles. The van der Waals surface area contributed by atoms with E-state index < -0.39 is 16.1 Å². The summed E-state index contributed by atoms with van der Waals surface area (Å²) in [6.45, 7) is 0. The zero-order chi connectivity index (χ0) is 21.9. The van der Waals surface area contributed by atoms with Gasteiger partial charge < -0.3 is 9.53 Å². The minimum Gasteiger partial charge on any atom is -0.453 e. The van der Waals surface area contributed by atoms with Crippen LogP contribution in [0.3, 0.4) is 0 Å². The van der Waals surface area contributed by atoms with Crippen molar-refractivity contribution >= 4 is 45.4 Å². The summed E-state index contributed by atoms with van der Waals surface area (Å²) in [7, 11) is 0. The Morgan fingerprint density at radius 1 is 1.23 bits per heavy atom. The molecular weight excluding hydrogens is 494 g/mol. The molecule has 150 valence electrons. The van der Waals surface area contributed by atoms with Crippen LogP contribution in [0.5, 0.6) is 5.75 Å². The summed E-state index contributed by atoms with van der Waals surface area (Å²) >= 11 is 16.3. The highest BCUT2D eigenvalue weighted by molar-refractivity contribution is 9.10. The summed E-state index contributed by atoms with van der Waals surface area (Å²) < 4.78 is 19.2. The number of hydrogen-bond donors (Lipinski definition) is 0. The van der Waals surface area contributed by atoms with Crippen molar-refractivity contribution in [2.45, 2.75) is 16.7 Å². The molecule has 1 atom stereocenters. The van der Waals surface area contributed by atoms with Crippen molar-refractivity contribution in [2.75, 3.05) is 0 Å². The molecular formula is C22H12BrCl2FN2O2. The quantitative estimate of drug-likeness (QED) is 0.375. The van der Waals surface area contributed by atoms with Crippen LogP contribution < -0.4 is 4.74 Å². The lowest BCUT2D eigenvalue weighted by molar-refractivity contribution is -0.107. The maximum Gasteiger partial charge on any atom is 0.177 e. The second-order valence-corrected chi connectivity index (χ2v) is 8.72. The van der Waals surface area contributed by atoms with Gasteiger partial charge in [0.25, 0.3) is 0 Å². The molecule has 2 aromatic rings. The van der Waals surface area contributed by atoms with E-state index in [1.165, 1.54) is 18.2 Å². The zero-order valence-corrected chi connectivity index (χ0v) is 18.3. The highest BCUT2D eigenvalue weighted by Crippen LogP contribution is 2.48. The highest BCUT2D eigenvalue weighted by atomic mass is 79.9. The molecule has 2 aromatic carbocycles. The van der Waals surface area contributed by atoms with Gasteiger partial charge in [-0.2, -0.15) is 10.5 Å². The summed E-state index contributed by atoms with van der Waals surface area (Å²) in [6.07, 6.45) is 3.27. The van der Waals surface area contributed by atoms with Gasteiger partial charge in [-0.3, -0.25) is 0 Å². The molecule has 0 fully saturated rings. The van der Waals surface area contributed by atoms with E-state index >= 15 is 0 Å². The number of ether oxygens (including phenoxy) is 1. The van der Waals surface area contributed by atoms with E-state index in [1.54, 1.807) is 30.3 Å². The smallest absolute Gasteiger partial charge is 0.177 e. The van der Waals surface area contributed by atoms with Crippen molar-refractivity contribution in [1.82, 2.24) is 0 Å². The topological polar surface area (TPSA) is 73.9 Å². The fourth-order valence-electron chi connectivity index (χ4n) is 3.14. The molecule has 0 aromatic heterocycles. The summed E-state index contributed by atoms with van der Waals surface area (Å²) in [5, 5.41) is 18.8. The van der Waals surface area contributed by atoms with Crippen molar-refractivity contribution in [3.63, 3.8) is 0 Å². The second kappa shape index (κ2) is 9.02. The molecule has 0 aliphatic heterocycles. The Kier molecular flexibility index (Phi) is 6.63. The summed E-state index contributed by atoms with van der Waals surface area (Å²) in [5.41, 5.74) is 1.34. The standard InChI is InChI=1S/C22H12BrCl2FN2O2/c23-18-5-4-14(6-7-29)20(26)21(18)30-17-9-16(12-28)19(22(24,25)10-17)15-3-1-2-13(8-15)11-27/h1-5,7-10,19H,6H2. The molecule has 4 nitrogen and oxygen atoms in total. The molecule has 0 N–H and O–H groups in total. The fourth-order valence-corrected chi connectivity index (χ4v) is 4.23. The Labute approximate surface area is 190 Å². The molecule has 0 amide bonds. The predicted octanol–water partition coefficient (Wildman–Crippen LogP) is 5.89. The van der Waals surface area contributed by atoms with Gasteiger partial charge in [-0.1, -0.05) is 41.4 Å². The molecule has 0 radical (unpaired) electrons. The van der Waals surface area contributed by atoms with Crippen LogP contribution in [-0.2, 0) is 11.2 Å². The average Bonchev–Trinajstić information content (AvgIpc) is 2.72. The number of nitrogens with zero attached hydrogens (tertiary/aromatic N) is 2. The molecule has 0 bridgehead atoms. The van der Waals surface area contributed by atoms with Gasteiger partial charge in [-0.15, -0.1) is 0 Å². The third kappa shape index (κ3) is 4.42. The Hall–Kier alpha value is -2.64. The van der Waals surface area contributed by atoms with Crippen LogP contribution in [0.15, 0.2) is 64.4 Å². The molecule has 3 rings (SSSR count). The molecule has 0 saturated carbocycles. The molecule has 30 heavy (non-hydrogen) atoms. The minimum absolute atomic E-state index is 0.0760. The van der Waals surface area contributed by atoms with Gasteiger partial charge in [0.1, 0.15) is 12.0 Å². The third-order valence-corrected chi connectivity index (χ3v) is 5.74. The Balaban J connectivity index is 2.02. The first-order valence-corrected chi connectivity index (χ1v) is 10.2. The number of aldehydes is 1. The van der Waals surface area contributed by atoms with Gasteiger partial charge in [-0.05, 0) is 57.4 Å². The van der Waals surface area contributed by atoms with Crippen LogP contribution in [0.25, 0.3) is 0 Å². The number of carbonyl (C=O) groups is 1.